The molecule has 0 saturated heterocycles. The Morgan fingerprint density at radius 1 is 1.19 bits per heavy atom. The number of aromatic nitrogens is 1. The lowest BCUT2D eigenvalue weighted by molar-refractivity contribution is -0.115. The Balaban J connectivity index is 1.80. The molecular formula is C16H13ClN2O2. The number of halogens is 1. The molecule has 4 nitrogen and oxygen atoms in total. The molecule has 3 rings (SSSR count). The Morgan fingerprint density at radius 2 is 2.00 bits per heavy atom. The third-order valence-corrected chi connectivity index (χ3v) is 3.47. The van der Waals surface area contributed by atoms with E-state index in [9.17, 15) is 10.0 Å². The van der Waals surface area contributed by atoms with Gasteiger partial charge >= 0.3 is 0 Å². The Morgan fingerprint density at radius 3 is 2.81 bits per heavy atom. The molecule has 0 unspecified atom stereocenters. The Bertz CT molecular complexity index is 811. The molecular weight excluding hydrogens is 288 g/mol. The van der Waals surface area contributed by atoms with Crippen LogP contribution in [-0.4, -0.2) is 15.8 Å². The number of carbonyl (C=O) groups excluding carboxylic acids is 1. The van der Waals surface area contributed by atoms with Gasteiger partial charge in [-0.25, -0.2) is 0 Å². The van der Waals surface area contributed by atoms with E-state index in [1.54, 1.807) is 36.5 Å². The zero-order valence-corrected chi connectivity index (χ0v) is 11.8. The lowest BCUT2D eigenvalue weighted by atomic mass is 10.1. The zero-order chi connectivity index (χ0) is 14.8. The van der Waals surface area contributed by atoms with E-state index in [1.165, 1.54) is 0 Å². The second-order valence-corrected chi connectivity index (χ2v) is 5.19. The van der Waals surface area contributed by atoms with Crippen molar-refractivity contribution in [2.45, 2.75) is 6.42 Å². The Labute approximate surface area is 126 Å². The minimum absolute atomic E-state index is 0.159. The van der Waals surface area contributed by atoms with E-state index >= 15 is 0 Å². The average Bonchev–Trinajstić information content (AvgIpc) is 2.76. The molecule has 0 atom stereocenters. The maximum atomic E-state index is 12.1. The molecule has 21 heavy (non-hydrogen) atoms. The van der Waals surface area contributed by atoms with Gasteiger partial charge in [-0.15, -0.1) is 0 Å². The molecule has 106 valence electrons. The van der Waals surface area contributed by atoms with E-state index in [4.69, 9.17) is 11.6 Å². The van der Waals surface area contributed by atoms with E-state index in [0.29, 0.717) is 16.2 Å². The molecule has 0 radical (unpaired) electrons. The molecule has 0 aliphatic carbocycles. The fraction of sp³-hybridized carbons (Fsp3) is 0.0625. The fourth-order valence-corrected chi connectivity index (χ4v) is 2.51. The van der Waals surface area contributed by atoms with Gasteiger partial charge in [-0.3, -0.25) is 4.79 Å². The SMILES string of the molecule is O=C(Cc1cn(O)c2ccccc12)Nc1cccc(Cl)c1. The fourth-order valence-electron chi connectivity index (χ4n) is 2.32. The summed E-state index contributed by atoms with van der Waals surface area (Å²) in [6.45, 7) is 0. The van der Waals surface area contributed by atoms with E-state index in [1.807, 2.05) is 18.2 Å². The number of para-hydroxylation sites is 1. The van der Waals surface area contributed by atoms with Crippen molar-refractivity contribution in [1.82, 2.24) is 4.73 Å². The predicted molar refractivity (Wildman–Crippen MR) is 82.9 cm³/mol. The van der Waals surface area contributed by atoms with Crippen LogP contribution in [0.25, 0.3) is 10.9 Å². The summed E-state index contributed by atoms with van der Waals surface area (Å²) in [7, 11) is 0. The van der Waals surface area contributed by atoms with Gasteiger partial charge in [-0.1, -0.05) is 35.9 Å². The number of hydrogen-bond donors (Lipinski definition) is 2. The number of benzene rings is 2. The van der Waals surface area contributed by atoms with Gasteiger partial charge in [-0.2, -0.15) is 4.73 Å². The van der Waals surface area contributed by atoms with Crippen molar-refractivity contribution < 1.29 is 10.0 Å². The molecule has 0 fully saturated rings. The van der Waals surface area contributed by atoms with Gasteiger partial charge in [0.25, 0.3) is 0 Å². The second kappa shape index (κ2) is 5.50. The zero-order valence-electron chi connectivity index (χ0n) is 11.1. The average molecular weight is 301 g/mol. The smallest absolute Gasteiger partial charge is 0.228 e. The second-order valence-electron chi connectivity index (χ2n) is 4.75. The highest BCUT2D eigenvalue weighted by molar-refractivity contribution is 6.30. The number of anilines is 1. The highest BCUT2D eigenvalue weighted by Crippen LogP contribution is 2.21. The number of fused-ring (bicyclic) bond motifs is 1. The van der Waals surface area contributed by atoms with E-state index in [2.05, 4.69) is 5.32 Å². The summed E-state index contributed by atoms with van der Waals surface area (Å²) in [5.74, 6) is -0.159. The van der Waals surface area contributed by atoms with Crippen molar-refractivity contribution in [2.24, 2.45) is 0 Å². The van der Waals surface area contributed by atoms with Gasteiger partial charge in [0.2, 0.25) is 5.91 Å². The molecule has 3 aromatic rings. The molecule has 0 aliphatic rings. The summed E-state index contributed by atoms with van der Waals surface area (Å²) in [6, 6.07) is 14.4. The first-order valence-electron chi connectivity index (χ1n) is 6.47. The molecule has 1 amide bonds. The topological polar surface area (TPSA) is 54.3 Å². The first kappa shape index (κ1) is 13.5. The Kier molecular flexibility index (Phi) is 3.54. The van der Waals surface area contributed by atoms with Crippen LogP contribution >= 0.6 is 11.6 Å². The molecule has 2 N–H and O–H groups in total. The standard InChI is InChI=1S/C16H13ClN2O2/c17-12-4-3-5-13(9-12)18-16(20)8-11-10-19(21)15-7-2-1-6-14(11)15/h1-7,9-10,21H,8H2,(H,18,20). The summed E-state index contributed by atoms with van der Waals surface area (Å²) >= 11 is 5.88. The molecule has 0 saturated carbocycles. The summed E-state index contributed by atoms with van der Waals surface area (Å²) in [5.41, 5.74) is 2.11. The van der Waals surface area contributed by atoms with Crippen molar-refractivity contribution in [3.8, 4) is 0 Å². The summed E-state index contributed by atoms with van der Waals surface area (Å²) in [4.78, 5) is 12.1. The van der Waals surface area contributed by atoms with Crippen LogP contribution in [0.3, 0.4) is 0 Å². The van der Waals surface area contributed by atoms with Crippen LogP contribution in [0.5, 0.6) is 0 Å². The monoisotopic (exact) mass is 300 g/mol. The van der Waals surface area contributed by atoms with E-state index < -0.39 is 0 Å². The number of rotatable bonds is 3. The van der Waals surface area contributed by atoms with E-state index in [-0.39, 0.29) is 12.3 Å². The van der Waals surface area contributed by atoms with Gasteiger partial charge in [0.1, 0.15) is 0 Å². The van der Waals surface area contributed by atoms with Crippen LogP contribution < -0.4 is 5.32 Å². The van der Waals surface area contributed by atoms with Crippen molar-refractivity contribution >= 4 is 34.1 Å². The molecule has 0 aliphatic heterocycles. The number of nitrogens with zero attached hydrogens (tertiary/aromatic N) is 1. The number of nitrogens with one attached hydrogen (secondary N) is 1. The quantitative estimate of drug-likeness (QED) is 0.724. The molecule has 0 spiro atoms. The van der Waals surface area contributed by atoms with Gasteiger partial charge in [0, 0.05) is 22.3 Å². The normalized spacial score (nSPS) is 10.7. The van der Waals surface area contributed by atoms with Crippen LogP contribution in [-0.2, 0) is 11.2 Å². The van der Waals surface area contributed by atoms with Crippen molar-refractivity contribution in [3.05, 3.63) is 65.3 Å². The van der Waals surface area contributed by atoms with Crippen molar-refractivity contribution in [2.75, 3.05) is 5.32 Å². The van der Waals surface area contributed by atoms with Gasteiger partial charge in [0.15, 0.2) is 0 Å². The molecule has 0 bridgehead atoms. The van der Waals surface area contributed by atoms with Gasteiger partial charge in [-0.05, 0) is 29.8 Å². The molecule has 1 heterocycles. The summed E-state index contributed by atoms with van der Waals surface area (Å²) < 4.78 is 1.04. The number of hydrogen-bond acceptors (Lipinski definition) is 2. The minimum atomic E-state index is -0.159. The summed E-state index contributed by atoms with van der Waals surface area (Å²) in [5, 5.41) is 14.0. The van der Waals surface area contributed by atoms with E-state index in [0.717, 1.165) is 15.7 Å². The Hall–Kier alpha value is -2.46. The minimum Gasteiger partial charge on any atom is -0.428 e. The van der Waals surface area contributed by atoms with Gasteiger partial charge < -0.3 is 10.5 Å². The largest absolute Gasteiger partial charge is 0.428 e. The lowest BCUT2D eigenvalue weighted by Crippen LogP contribution is -2.14. The van der Waals surface area contributed by atoms with Crippen LogP contribution in [0.4, 0.5) is 5.69 Å². The third-order valence-electron chi connectivity index (χ3n) is 3.23. The van der Waals surface area contributed by atoms with Crippen LogP contribution in [0, 0.1) is 0 Å². The van der Waals surface area contributed by atoms with Crippen LogP contribution in [0.1, 0.15) is 5.56 Å². The van der Waals surface area contributed by atoms with Crippen molar-refractivity contribution in [1.29, 1.82) is 0 Å². The van der Waals surface area contributed by atoms with Crippen LogP contribution in [0.15, 0.2) is 54.7 Å². The highest BCUT2D eigenvalue weighted by Gasteiger charge is 2.11. The number of carbonyl (C=O) groups is 1. The maximum Gasteiger partial charge on any atom is 0.228 e. The third kappa shape index (κ3) is 2.85. The van der Waals surface area contributed by atoms with Crippen LogP contribution in [0.2, 0.25) is 5.02 Å². The maximum absolute atomic E-state index is 12.1. The first-order valence-corrected chi connectivity index (χ1v) is 6.85. The first-order chi connectivity index (χ1) is 10.1. The lowest BCUT2D eigenvalue weighted by Gasteiger charge is -2.05. The van der Waals surface area contributed by atoms with Gasteiger partial charge in [0.05, 0.1) is 11.9 Å². The molecule has 1 aromatic heterocycles. The predicted octanol–water partition coefficient (Wildman–Crippen LogP) is 3.71. The van der Waals surface area contributed by atoms with Crippen molar-refractivity contribution in [3.63, 3.8) is 0 Å². The molecule has 5 heteroatoms. The molecule has 2 aromatic carbocycles. The number of amides is 1. The summed E-state index contributed by atoms with van der Waals surface area (Å²) in [6.07, 6.45) is 1.74. The highest BCUT2D eigenvalue weighted by atomic mass is 35.5.